The molecule has 2 aliphatic carbocycles. The Morgan fingerprint density at radius 1 is 1.28 bits per heavy atom. The fourth-order valence-corrected chi connectivity index (χ4v) is 2.96. The van der Waals surface area contributed by atoms with Crippen LogP contribution in [0.4, 0.5) is 5.69 Å². The molecule has 0 aliphatic heterocycles. The molecule has 0 bridgehead atoms. The summed E-state index contributed by atoms with van der Waals surface area (Å²) in [5.41, 5.74) is 2.82. The lowest BCUT2D eigenvalue weighted by molar-refractivity contribution is 0.400. The largest absolute Gasteiger partial charge is 0.371 e. The lowest BCUT2D eigenvalue weighted by Gasteiger charge is -2.37. The maximum Gasteiger partial charge on any atom is 0.0412 e. The minimum Gasteiger partial charge on any atom is -0.371 e. The molecular weight excluding hydrogens is 288 g/mol. The molecule has 0 aromatic heterocycles. The van der Waals surface area contributed by atoms with Crippen LogP contribution in [0.25, 0.3) is 0 Å². The van der Waals surface area contributed by atoms with Crippen LogP contribution < -0.4 is 10.2 Å². The van der Waals surface area contributed by atoms with Crippen LogP contribution in [0.15, 0.2) is 22.7 Å². The predicted octanol–water partition coefficient (Wildman–Crippen LogP) is 3.69. The molecule has 0 atom stereocenters. The van der Waals surface area contributed by atoms with E-state index in [1.807, 2.05) is 0 Å². The smallest absolute Gasteiger partial charge is 0.0412 e. The van der Waals surface area contributed by atoms with Crippen molar-refractivity contribution < 1.29 is 0 Å². The van der Waals surface area contributed by atoms with Gasteiger partial charge in [0.2, 0.25) is 0 Å². The fourth-order valence-electron chi connectivity index (χ4n) is 2.55. The number of nitrogens with zero attached hydrogens (tertiary/aromatic N) is 1. The van der Waals surface area contributed by atoms with Gasteiger partial charge in [-0.15, -0.1) is 0 Å². The molecule has 1 aromatic rings. The molecule has 1 aromatic carbocycles. The molecule has 2 fully saturated rings. The summed E-state index contributed by atoms with van der Waals surface area (Å²) in [7, 11) is 2.24. The predicted molar refractivity (Wildman–Crippen MR) is 80.0 cm³/mol. The van der Waals surface area contributed by atoms with Crippen molar-refractivity contribution >= 4 is 21.6 Å². The highest BCUT2D eigenvalue weighted by atomic mass is 79.9. The monoisotopic (exact) mass is 308 g/mol. The summed E-state index contributed by atoms with van der Waals surface area (Å²) < 4.78 is 1.18. The highest BCUT2D eigenvalue weighted by Crippen LogP contribution is 2.32. The molecule has 1 N–H and O–H groups in total. The topological polar surface area (TPSA) is 15.3 Å². The van der Waals surface area contributed by atoms with Crippen LogP contribution in [0, 0.1) is 0 Å². The molecule has 18 heavy (non-hydrogen) atoms. The van der Waals surface area contributed by atoms with Crippen molar-refractivity contribution in [3.63, 3.8) is 0 Å². The molecule has 0 spiro atoms. The molecule has 0 saturated heterocycles. The summed E-state index contributed by atoms with van der Waals surface area (Å²) in [6.07, 6.45) is 6.79. The highest BCUT2D eigenvalue weighted by molar-refractivity contribution is 9.10. The van der Waals surface area contributed by atoms with Crippen molar-refractivity contribution in [2.75, 3.05) is 11.9 Å². The first-order valence-corrected chi connectivity index (χ1v) is 7.78. The number of hydrogen-bond acceptors (Lipinski definition) is 2. The molecule has 0 radical (unpaired) electrons. The van der Waals surface area contributed by atoms with E-state index in [-0.39, 0.29) is 0 Å². The summed E-state index contributed by atoms with van der Waals surface area (Å²) in [6, 6.07) is 8.20. The van der Waals surface area contributed by atoms with E-state index in [1.165, 1.54) is 47.8 Å². The van der Waals surface area contributed by atoms with E-state index in [9.17, 15) is 0 Å². The Kier molecular flexibility index (Phi) is 3.62. The van der Waals surface area contributed by atoms with Crippen LogP contribution >= 0.6 is 15.9 Å². The van der Waals surface area contributed by atoms with Gasteiger partial charge in [0, 0.05) is 35.8 Å². The fraction of sp³-hybridized carbons (Fsp3) is 0.600. The molecular formula is C15H21BrN2. The lowest BCUT2D eigenvalue weighted by atomic mass is 9.91. The zero-order chi connectivity index (χ0) is 12.5. The van der Waals surface area contributed by atoms with Gasteiger partial charge in [0.15, 0.2) is 0 Å². The average Bonchev–Trinajstić information content (AvgIpc) is 3.07. The number of hydrogen-bond donors (Lipinski definition) is 1. The second-order valence-electron chi connectivity index (χ2n) is 5.62. The van der Waals surface area contributed by atoms with Gasteiger partial charge in [-0.2, -0.15) is 0 Å². The second-order valence-corrected chi connectivity index (χ2v) is 6.54. The number of anilines is 1. The summed E-state index contributed by atoms with van der Waals surface area (Å²) in [5.74, 6) is 0. The molecule has 0 unspecified atom stereocenters. The first kappa shape index (κ1) is 12.5. The first-order valence-electron chi connectivity index (χ1n) is 6.98. The Balaban J connectivity index is 1.76. The molecule has 2 aliphatic rings. The molecule has 0 heterocycles. The summed E-state index contributed by atoms with van der Waals surface area (Å²) in [6.45, 7) is 0.997. The van der Waals surface area contributed by atoms with Crippen molar-refractivity contribution in [1.82, 2.24) is 5.32 Å². The maximum absolute atomic E-state index is 3.62. The van der Waals surface area contributed by atoms with Crippen LogP contribution in [0.2, 0.25) is 0 Å². The van der Waals surface area contributed by atoms with Crippen LogP contribution in [0.1, 0.15) is 37.7 Å². The average molecular weight is 309 g/mol. The minimum atomic E-state index is 0.755. The normalized spacial score (nSPS) is 19.7. The summed E-state index contributed by atoms with van der Waals surface area (Å²) >= 11 is 3.59. The molecule has 0 amide bonds. The van der Waals surface area contributed by atoms with E-state index in [1.54, 1.807) is 0 Å². The van der Waals surface area contributed by atoms with E-state index in [0.717, 1.165) is 18.6 Å². The van der Waals surface area contributed by atoms with Crippen LogP contribution in [-0.4, -0.2) is 19.1 Å². The van der Waals surface area contributed by atoms with Crippen molar-refractivity contribution in [3.8, 4) is 0 Å². The van der Waals surface area contributed by atoms with Gasteiger partial charge in [-0.1, -0.05) is 15.9 Å². The zero-order valence-corrected chi connectivity index (χ0v) is 12.5. The van der Waals surface area contributed by atoms with Gasteiger partial charge in [0.1, 0.15) is 0 Å². The van der Waals surface area contributed by atoms with Crippen LogP contribution in [0.5, 0.6) is 0 Å². The molecule has 3 heteroatoms. The number of nitrogens with one attached hydrogen (secondary N) is 1. The molecule has 2 nitrogen and oxygen atoms in total. The third-order valence-corrected chi connectivity index (χ3v) is 4.70. The third kappa shape index (κ3) is 2.72. The Hall–Kier alpha value is -0.540. The summed E-state index contributed by atoms with van der Waals surface area (Å²) in [4.78, 5) is 2.47. The standard InChI is InChI=1S/C15H21BrN2/c1-18(14-3-2-4-14)15-8-5-12(16)9-11(15)10-17-13-6-7-13/h5,8-9,13-14,17H,2-4,6-7,10H2,1H3. The Morgan fingerprint density at radius 2 is 2.06 bits per heavy atom. The number of benzene rings is 1. The van der Waals surface area contributed by atoms with Gasteiger partial charge >= 0.3 is 0 Å². The van der Waals surface area contributed by atoms with Crippen LogP contribution in [0.3, 0.4) is 0 Å². The Morgan fingerprint density at radius 3 is 2.67 bits per heavy atom. The number of rotatable bonds is 5. The van der Waals surface area contributed by atoms with E-state index >= 15 is 0 Å². The molecule has 2 saturated carbocycles. The van der Waals surface area contributed by atoms with Gasteiger partial charge in [-0.05, 0) is 55.9 Å². The van der Waals surface area contributed by atoms with E-state index in [2.05, 4.69) is 51.4 Å². The second kappa shape index (κ2) is 5.22. The first-order chi connectivity index (χ1) is 8.74. The highest BCUT2D eigenvalue weighted by Gasteiger charge is 2.25. The van der Waals surface area contributed by atoms with Crippen molar-refractivity contribution in [2.45, 2.75) is 50.7 Å². The lowest BCUT2D eigenvalue weighted by Crippen LogP contribution is -2.37. The molecule has 3 rings (SSSR count). The van der Waals surface area contributed by atoms with E-state index < -0.39 is 0 Å². The Labute approximate surface area is 118 Å². The van der Waals surface area contributed by atoms with Crippen molar-refractivity contribution in [3.05, 3.63) is 28.2 Å². The van der Waals surface area contributed by atoms with Gasteiger partial charge in [-0.25, -0.2) is 0 Å². The number of halogens is 1. The van der Waals surface area contributed by atoms with Gasteiger partial charge in [0.25, 0.3) is 0 Å². The van der Waals surface area contributed by atoms with Gasteiger partial charge < -0.3 is 10.2 Å². The Bertz CT molecular complexity index is 425. The zero-order valence-electron chi connectivity index (χ0n) is 11.0. The quantitative estimate of drug-likeness (QED) is 0.892. The van der Waals surface area contributed by atoms with Crippen molar-refractivity contribution in [1.29, 1.82) is 0 Å². The van der Waals surface area contributed by atoms with E-state index in [4.69, 9.17) is 0 Å². The maximum atomic E-state index is 3.62. The van der Waals surface area contributed by atoms with E-state index in [0.29, 0.717) is 0 Å². The van der Waals surface area contributed by atoms with Crippen molar-refractivity contribution in [2.24, 2.45) is 0 Å². The van der Waals surface area contributed by atoms with Crippen LogP contribution in [-0.2, 0) is 6.54 Å². The third-order valence-electron chi connectivity index (χ3n) is 4.20. The SMILES string of the molecule is CN(c1ccc(Br)cc1CNC1CC1)C1CCC1. The summed E-state index contributed by atoms with van der Waals surface area (Å²) in [5, 5.41) is 3.62. The van der Waals surface area contributed by atoms with Gasteiger partial charge in [-0.3, -0.25) is 0 Å². The molecule has 98 valence electrons. The van der Waals surface area contributed by atoms with Gasteiger partial charge in [0.05, 0.1) is 0 Å². The minimum absolute atomic E-state index is 0.755.